The molecule has 4 rings (SSSR count). The van der Waals surface area contributed by atoms with Crippen molar-refractivity contribution in [1.82, 2.24) is 0 Å². The number of fused-ring (bicyclic) bond motifs is 5. The summed E-state index contributed by atoms with van der Waals surface area (Å²) in [5, 5.41) is 28.2. The molecule has 4 nitrogen and oxygen atoms in total. The Morgan fingerprint density at radius 3 is 2.52 bits per heavy atom. The van der Waals surface area contributed by atoms with E-state index in [0.717, 1.165) is 44.9 Å². The number of aliphatic hydroxyl groups is 2. The molecule has 4 heteroatoms. The van der Waals surface area contributed by atoms with Gasteiger partial charge in [0, 0.05) is 12.3 Å². The van der Waals surface area contributed by atoms with Gasteiger partial charge in [-0.05, 0) is 79.4 Å². The zero-order chi connectivity index (χ0) is 18.0. The van der Waals surface area contributed by atoms with E-state index in [1.165, 1.54) is 0 Å². The third-order valence-corrected chi connectivity index (χ3v) is 9.13. The van der Waals surface area contributed by atoms with Gasteiger partial charge >= 0.3 is 0 Å². The second-order valence-corrected chi connectivity index (χ2v) is 9.83. The average molecular weight is 347 g/mol. The summed E-state index contributed by atoms with van der Waals surface area (Å²) in [7, 11) is 0. The van der Waals surface area contributed by atoms with Crippen LogP contribution in [0.1, 0.15) is 65.2 Å². The fraction of sp³-hybridized carbons (Fsp3) is 0.905. The number of nitrogens with one attached hydrogen (secondary N) is 1. The van der Waals surface area contributed by atoms with Gasteiger partial charge in [0.25, 0.3) is 0 Å². The fourth-order valence-electron chi connectivity index (χ4n) is 7.80. The summed E-state index contributed by atoms with van der Waals surface area (Å²) in [6.45, 7) is 4.58. The molecule has 0 bridgehead atoms. The van der Waals surface area contributed by atoms with E-state index in [1.54, 1.807) is 0 Å². The molecule has 0 spiro atoms. The Bertz CT molecular complexity index is 590. The van der Waals surface area contributed by atoms with Gasteiger partial charge in [-0.1, -0.05) is 13.8 Å². The summed E-state index contributed by atoms with van der Waals surface area (Å²) in [5.74, 6) is 2.37. The molecule has 0 aromatic carbocycles. The van der Waals surface area contributed by atoms with Crippen molar-refractivity contribution in [2.45, 2.75) is 71.3 Å². The lowest BCUT2D eigenvalue weighted by atomic mass is 9.44. The van der Waals surface area contributed by atoms with Crippen molar-refractivity contribution in [3.8, 4) is 0 Å². The lowest BCUT2D eigenvalue weighted by Gasteiger charge is -2.60. The van der Waals surface area contributed by atoms with E-state index in [-0.39, 0.29) is 35.1 Å². The van der Waals surface area contributed by atoms with Gasteiger partial charge in [-0.25, -0.2) is 0 Å². The van der Waals surface area contributed by atoms with Crippen molar-refractivity contribution in [1.29, 1.82) is 5.41 Å². The Labute approximate surface area is 150 Å². The third-order valence-electron chi connectivity index (χ3n) is 9.13. The van der Waals surface area contributed by atoms with Crippen LogP contribution in [0.2, 0.25) is 0 Å². The lowest BCUT2D eigenvalue weighted by Crippen LogP contribution is -2.56. The molecular weight excluding hydrogens is 314 g/mol. The van der Waals surface area contributed by atoms with Crippen LogP contribution in [-0.4, -0.2) is 34.4 Å². The summed E-state index contributed by atoms with van der Waals surface area (Å²) in [6.07, 6.45) is 7.50. The minimum absolute atomic E-state index is 0.0774. The Kier molecular flexibility index (Phi) is 4.16. The first-order valence-corrected chi connectivity index (χ1v) is 10.2. The van der Waals surface area contributed by atoms with Crippen LogP contribution in [0.3, 0.4) is 0 Å². The van der Waals surface area contributed by atoms with Crippen LogP contribution < -0.4 is 0 Å². The highest BCUT2D eigenvalue weighted by molar-refractivity contribution is 6.40. The number of aliphatic hydroxyl groups excluding tert-OH is 2. The van der Waals surface area contributed by atoms with Crippen molar-refractivity contribution < 1.29 is 15.0 Å². The summed E-state index contributed by atoms with van der Waals surface area (Å²) in [5.41, 5.74) is 0.661. The number of Topliss-reactive ketones (excluding diaryl/α,β-unsaturated/α-hetero) is 1. The van der Waals surface area contributed by atoms with Crippen molar-refractivity contribution in [3.05, 3.63) is 0 Å². The zero-order valence-corrected chi connectivity index (χ0v) is 15.6. The second kappa shape index (κ2) is 5.88. The largest absolute Gasteiger partial charge is 0.394 e. The maximum Gasteiger partial charge on any atom is 0.176 e. The topological polar surface area (TPSA) is 81.4 Å². The van der Waals surface area contributed by atoms with Crippen LogP contribution >= 0.6 is 0 Å². The van der Waals surface area contributed by atoms with E-state index in [2.05, 4.69) is 13.8 Å². The van der Waals surface area contributed by atoms with Crippen LogP contribution in [0.25, 0.3) is 0 Å². The Morgan fingerprint density at radius 1 is 1.08 bits per heavy atom. The fourth-order valence-corrected chi connectivity index (χ4v) is 7.80. The number of hydrogen-bond acceptors (Lipinski definition) is 4. The van der Waals surface area contributed by atoms with E-state index in [4.69, 9.17) is 5.41 Å². The average Bonchev–Trinajstić information content (AvgIpc) is 2.95. The first kappa shape index (κ1) is 17.7. The normalized spacial score (nSPS) is 50.8. The molecule has 0 radical (unpaired) electrons. The summed E-state index contributed by atoms with van der Waals surface area (Å²) >= 11 is 0. The van der Waals surface area contributed by atoms with E-state index in [1.807, 2.05) is 0 Å². The van der Waals surface area contributed by atoms with Gasteiger partial charge in [-0.15, -0.1) is 0 Å². The molecule has 140 valence electrons. The molecular formula is C21H33NO3. The van der Waals surface area contributed by atoms with E-state index >= 15 is 0 Å². The molecule has 0 heterocycles. The number of rotatable bonds is 2. The quantitative estimate of drug-likeness (QED) is 0.717. The van der Waals surface area contributed by atoms with Gasteiger partial charge in [-0.2, -0.15) is 0 Å². The number of carbonyl (C=O) groups is 1. The smallest absolute Gasteiger partial charge is 0.176 e. The maximum absolute atomic E-state index is 12.1. The Morgan fingerprint density at radius 2 is 1.80 bits per heavy atom. The minimum atomic E-state index is -0.584. The van der Waals surface area contributed by atoms with Gasteiger partial charge in [0.2, 0.25) is 0 Å². The van der Waals surface area contributed by atoms with E-state index < -0.39 is 6.10 Å². The molecule has 8 atom stereocenters. The highest BCUT2D eigenvalue weighted by atomic mass is 16.3. The van der Waals surface area contributed by atoms with Gasteiger partial charge in [0.15, 0.2) is 5.78 Å². The van der Waals surface area contributed by atoms with Gasteiger partial charge < -0.3 is 15.6 Å². The van der Waals surface area contributed by atoms with E-state index in [0.29, 0.717) is 29.9 Å². The zero-order valence-electron chi connectivity index (χ0n) is 15.6. The SMILES string of the molecule is C[C@]12CC[C@H]3[C@@H](CCC4C(=N)C(=O)CC[C@@]43C)[C@@H]1CC[C@@H]2[C@H](O)CO. The van der Waals surface area contributed by atoms with Crippen LogP contribution in [-0.2, 0) is 4.79 Å². The number of ketones is 1. The monoisotopic (exact) mass is 347 g/mol. The standard InChI is InChI=1S/C21H33NO3/c1-20-9-7-14-12(13(20)5-6-15(20)18(25)11-23)3-4-16-19(22)17(24)8-10-21(14,16)2/h12-16,18,22-23,25H,3-11H2,1-2H3/t12-,13-,14-,15+,16?,18+,20-,21+/m0/s1. The van der Waals surface area contributed by atoms with E-state index in [9.17, 15) is 15.0 Å². The predicted octanol–water partition coefficient (Wildman–Crippen LogP) is 3.20. The van der Waals surface area contributed by atoms with Crippen LogP contribution in [0.4, 0.5) is 0 Å². The van der Waals surface area contributed by atoms with Gasteiger partial charge in [0.05, 0.1) is 18.4 Å². The summed E-state index contributed by atoms with van der Waals surface area (Å²) in [6, 6.07) is 0. The number of carbonyl (C=O) groups excluding carboxylic acids is 1. The molecule has 4 aliphatic rings. The summed E-state index contributed by atoms with van der Waals surface area (Å²) in [4.78, 5) is 12.1. The van der Waals surface area contributed by atoms with Gasteiger partial charge in [0.1, 0.15) is 0 Å². The van der Waals surface area contributed by atoms with Crippen molar-refractivity contribution >= 4 is 11.5 Å². The molecule has 3 N–H and O–H groups in total. The Hall–Kier alpha value is -0.740. The van der Waals surface area contributed by atoms with Crippen molar-refractivity contribution in [2.24, 2.45) is 40.4 Å². The van der Waals surface area contributed by atoms with Crippen molar-refractivity contribution in [3.63, 3.8) is 0 Å². The van der Waals surface area contributed by atoms with Crippen LogP contribution in [0, 0.1) is 45.8 Å². The van der Waals surface area contributed by atoms with Crippen molar-refractivity contribution in [2.75, 3.05) is 6.61 Å². The van der Waals surface area contributed by atoms with Crippen LogP contribution in [0.15, 0.2) is 0 Å². The molecule has 4 fully saturated rings. The molecule has 4 aliphatic carbocycles. The molecule has 0 aliphatic heterocycles. The highest BCUT2D eigenvalue weighted by Gasteiger charge is 2.61. The summed E-state index contributed by atoms with van der Waals surface area (Å²) < 4.78 is 0. The second-order valence-electron chi connectivity index (χ2n) is 9.83. The minimum Gasteiger partial charge on any atom is -0.394 e. The number of hydrogen-bond donors (Lipinski definition) is 3. The molecule has 25 heavy (non-hydrogen) atoms. The first-order valence-electron chi connectivity index (χ1n) is 10.2. The molecule has 1 unspecified atom stereocenters. The highest BCUT2D eigenvalue weighted by Crippen LogP contribution is 2.67. The third kappa shape index (κ3) is 2.32. The van der Waals surface area contributed by atoms with Gasteiger partial charge in [-0.3, -0.25) is 4.79 Å². The predicted molar refractivity (Wildman–Crippen MR) is 96.4 cm³/mol. The molecule has 0 aromatic rings. The first-order chi connectivity index (χ1) is 11.8. The lowest BCUT2D eigenvalue weighted by molar-refractivity contribution is -0.125. The molecule has 4 saturated carbocycles. The Balaban J connectivity index is 1.62. The molecule has 0 saturated heterocycles. The van der Waals surface area contributed by atoms with Crippen LogP contribution in [0.5, 0.6) is 0 Å². The molecule has 0 aromatic heterocycles. The maximum atomic E-state index is 12.1. The molecule has 0 amide bonds.